The lowest BCUT2D eigenvalue weighted by atomic mass is 10.1. The Hall–Kier alpha value is -4.38. The molecule has 3 rings (SSSR count). The molecule has 0 aliphatic heterocycles. The quantitative estimate of drug-likeness (QED) is 0.317. The highest BCUT2D eigenvalue weighted by Gasteiger charge is 2.13. The van der Waals surface area contributed by atoms with Crippen molar-refractivity contribution in [1.29, 1.82) is 5.26 Å². The van der Waals surface area contributed by atoms with Gasteiger partial charge in [0.15, 0.2) is 11.5 Å². The highest BCUT2D eigenvalue weighted by atomic mass is 16.5. The van der Waals surface area contributed by atoms with Crippen molar-refractivity contribution >= 4 is 12.2 Å². The Labute approximate surface area is 172 Å². The van der Waals surface area contributed by atoms with E-state index >= 15 is 0 Å². The number of nitrogens with zero attached hydrogens (tertiary/aromatic N) is 3. The third-order valence-electron chi connectivity index (χ3n) is 4.22. The number of allylic oxidation sites excluding steroid dienone is 1. The smallest absolute Gasteiger partial charge is 0.270 e. The summed E-state index contributed by atoms with van der Waals surface area (Å²) in [5, 5.41) is 23.6. The maximum Gasteiger partial charge on any atom is 0.270 e. The van der Waals surface area contributed by atoms with Crippen LogP contribution < -0.4 is 15.7 Å². The standard InChI is InChI=1S/C22H19N5O3/c1-3-7-16-10-14(11-18(30-2)20(16)28)13-24-27-22-25-19(15-8-5-4-6-9-15)17(12-23)21(29)26-22/h3-6,8-11,13,28H,1,7H2,2H3,(H2,25,26,27,29). The van der Waals surface area contributed by atoms with Gasteiger partial charge >= 0.3 is 0 Å². The first-order valence-corrected chi connectivity index (χ1v) is 8.97. The molecule has 0 atom stereocenters. The Balaban J connectivity index is 1.91. The Morgan fingerprint density at radius 3 is 2.80 bits per heavy atom. The van der Waals surface area contributed by atoms with Crippen LogP contribution in [0.15, 0.2) is 65.0 Å². The molecule has 1 heterocycles. The van der Waals surface area contributed by atoms with Gasteiger partial charge in [-0.1, -0.05) is 36.4 Å². The summed E-state index contributed by atoms with van der Waals surface area (Å²) in [6, 6.07) is 14.2. The zero-order valence-corrected chi connectivity index (χ0v) is 16.2. The van der Waals surface area contributed by atoms with Gasteiger partial charge in [-0.3, -0.25) is 9.78 Å². The number of ether oxygens (including phenoxy) is 1. The van der Waals surface area contributed by atoms with E-state index in [4.69, 9.17) is 4.74 Å². The van der Waals surface area contributed by atoms with E-state index in [0.717, 1.165) is 0 Å². The molecule has 2 aromatic carbocycles. The second-order valence-electron chi connectivity index (χ2n) is 6.21. The van der Waals surface area contributed by atoms with Gasteiger partial charge in [0.25, 0.3) is 5.56 Å². The summed E-state index contributed by atoms with van der Waals surface area (Å²) >= 11 is 0. The second kappa shape index (κ2) is 9.21. The van der Waals surface area contributed by atoms with Crippen molar-refractivity contribution < 1.29 is 9.84 Å². The average Bonchev–Trinajstić information content (AvgIpc) is 2.76. The summed E-state index contributed by atoms with van der Waals surface area (Å²) in [6.45, 7) is 3.68. The second-order valence-corrected chi connectivity index (χ2v) is 6.21. The number of phenolic OH excluding ortho intramolecular Hbond substituents is 1. The molecule has 0 saturated heterocycles. The van der Waals surface area contributed by atoms with Gasteiger partial charge in [-0.2, -0.15) is 10.4 Å². The maximum atomic E-state index is 12.3. The van der Waals surface area contributed by atoms with Gasteiger partial charge < -0.3 is 9.84 Å². The first kappa shape index (κ1) is 20.4. The third kappa shape index (κ3) is 4.36. The van der Waals surface area contributed by atoms with Gasteiger partial charge in [0, 0.05) is 11.1 Å². The molecule has 0 amide bonds. The van der Waals surface area contributed by atoms with Crippen LogP contribution in [-0.4, -0.2) is 28.4 Å². The molecular weight excluding hydrogens is 382 g/mol. The number of nitriles is 1. The van der Waals surface area contributed by atoms with Gasteiger partial charge in [-0.15, -0.1) is 6.58 Å². The Kier molecular flexibility index (Phi) is 6.25. The number of hydrogen-bond acceptors (Lipinski definition) is 7. The molecule has 150 valence electrons. The van der Waals surface area contributed by atoms with Gasteiger partial charge in [0.2, 0.25) is 5.95 Å². The van der Waals surface area contributed by atoms with Crippen molar-refractivity contribution in [2.24, 2.45) is 5.10 Å². The molecule has 0 bridgehead atoms. The molecule has 0 unspecified atom stereocenters. The summed E-state index contributed by atoms with van der Waals surface area (Å²) in [4.78, 5) is 19.1. The molecule has 3 N–H and O–H groups in total. The number of methoxy groups -OCH3 is 1. The van der Waals surface area contributed by atoms with Crippen molar-refractivity contribution in [2.45, 2.75) is 6.42 Å². The van der Waals surface area contributed by atoms with Crippen LogP contribution in [0.4, 0.5) is 5.95 Å². The van der Waals surface area contributed by atoms with Crippen LogP contribution in [0.2, 0.25) is 0 Å². The Bertz CT molecular complexity index is 1190. The van der Waals surface area contributed by atoms with E-state index in [1.165, 1.54) is 13.3 Å². The van der Waals surface area contributed by atoms with Crippen LogP contribution in [-0.2, 0) is 6.42 Å². The fourth-order valence-corrected chi connectivity index (χ4v) is 2.83. The number of aromatic hydroxyl groups is 1. The number of aromatic amines is 1. The first-order valence-electron chi connectivity index (χ1n) is 8.97. The van der Waals surface area contributed by atoms with Gasteiger partial charge in [0.05, 0.1) is 19.0 Å². The molecule has 30 heavy (non-hydrogen) atoms. The molecule has 8 nitrogen and oxygen atoms in total. The minimum Gasteiger partial charge on any atom is -0.504 e. The minimum absolute atomic E-state index is 0.0492. The summed E-state index contributed by atoms with van der Waals surface area (Å²) in [5.74, 6) is 0.450. The summed E-state index contributed by atoms with van der Waals surface area (Å²) < 4.78 is 5.19. The molecular formula is C22H19N5O3. The van der Waals surface area contributed by atoms with E-state index in [1.54, 1.807) is 42.5 Å². The van der Waals surface area contributed by atoms with Gasteiger partial charge in [-0.25, -0.2) is 10.4 Å². The van der Waals surface area contributed by atoms with E-state index < -0.39 is 5.56 Å². The van der Waals surface area contributed by atoms with Crippen LogP contribution >= 0.6 is 0 Å². The van der Waals surface area contributed by atoms with Crippen molar-refractivity contribution in [3.8, 4) is 28.8 Å². The van der Waals surface area contributed by atoms with Crippen molar-refractivity contribution in [3.63, 3.8) is 0 Å². The van der Waals surface area contributed by atoms with Crippen LogP contribution in [0.25, 0.3) is 11.3 Å². The lowest BCUT2D eigenvalue weighted by Crippen LogP contribution is -2.16. The molecule has 8 heteroatoms. The summed E-state index contributed by atoms with van der Waals surface area (Å²) in [6.07, 6.45) is 3.63. The van der Waals surface area contributed by atoms with Crippen LogP contribution in [0.3, 0.4) is 0 Å². The number of benzene rings is 2. The summed E-state index contributed by atoms with van der Waals surface area (Å²) in [5.41, 5.74) is 4.23. The fourth-order valence-electron chi connectivity index (χ4n) is 2.83. The number of H-pyrrole nitrogens is 1. The molecule has 3 aromatic rings. The van der Waals surface area contributed by atoms with Crippen molar-refractivity contribution in [1.82, 2.24) is 9.97 Å². The topological polar surface area (TPSA) is 123 Å². The van der Waals surface area contributed by atoms with Crippen LogP contribution in [0, 0.1) is 11.3 Å². The van der Waals surface area contributed by atoms with E-state index in [-0.39, 0.29) is 23.0 Å². The van der Waals surface area contributed by atoms with Crippen molar-refractivity contribution in [2.75, 3.05) is 12.5 Å². The SMILES string of the molecule is C=CCc1cc(C=NNc2nc(-c3ccccc3)c(C#N)c(=O)[nH]2)cc(OC)c1O. The number of hydrazone groups is 1. The highest BCUT2D eigenvalue weighted by Crippen LogP contribution is 2.31. The van der Waals surface area contributed by atoms with Gasteiger partial charge in [-0.05, 0) is 24.1 Å². The molecule has 0 aliphatic carbocycles. The van der Waals surface area contributed by atoms with Crippen LogP contribution in [0.5, 0.6) is 11.5 Å². The molecule has 1 aromatic heterocycles. The van der Waals surface area contributed by atoms with E-state index in [9.17, 15) is 15.2 Å². The lowest BCUT2D eigenvalue weighted by Gasteiger charge is -2.09. The number of aromatic nitrogens is 2. The number of phenols is 1. The van der Waals surface area contributed by atoms with Crippen LogP contribution in [0.1, 0.15) is 16.7 Å². The highest BCUT2D eigenvalue weighted by molar-refractivity contribution is 5.82. The van der Waals surface area contributed by atoms with E-state index in [2.05, 4.69) is 27.1 Å². The lowest BCUT2D eigenvalue weighted by molar-refractivity contribution is 0.371. The number of nitrogens with one attached hydrogen (secondary N) is 2. The zero-order valence-electron chi connectivity index (χ0n) is 16.2. The predicted octanol–water partition coefficient (Wildman–Crippen LogP) is 3.20. The third-order valence-corrected chi connectivity index (χ3v) is 4.22. The van der Waals surface area contributed by atoms with E-state index in [0.29, 0.717) is 28.9 Å². The largest absolute Gasteiger partial charge is 0.504 e. The average molecular weight is 401 g/mol. The van der Waals surface area contributed by atoms with Gasteiger partial charge in [0.1, 0.15) is 11.6 Å². The molecule has 0 saturated carbocycles. The zero-order chi connectivity index (χ0) is 21.5. The van der Waals surface area contributed by atoms with E-state index in [1.807, 2.05) is 12.1 Å². The molecule has 0 aliphatic rings. The Morgan fingerprint density at radius 2 is 2.13 bits per heavy atom. The number of hydrogen-bond donors (Lipinski definition) is 3. The number of rotatable bonds is 7. The maximum absolute atomic E-state index is 12.3. The molecule has 0 spiro atoms. The van der Waals surface area contributed by atoms with Crippen molar-refractivity contribution in [3.05, 3.63) is 82.2 Å². The predicted molar refractivity (Wildman–Crippen MR) is 115 cm³/mol. The number of anilines is 1. The normalized spacial score (nSPS) is 10.5. The first-order chi connectivity index (χ1) is 14.6. The summed E-state index contributed by atoms with van der Waals surface area (Å²) in [7, 11) is 1.46. The monoisotopic (exact) mass is 401 g/mol. The molecule has 0 radical (unpaired) electrons. The Morgan fingerprint density at radius 1 is 1.37 bits per heavy atom. The molecule has 0 fully saturated rings. The fraction of sp³-hybridized carbons (Fsp3) is 0.0909. The minimum atomic E-state index is -0.566.